The smallest absolute Gasteiger partial charge is 0.146 e. The van der Waals surface area contributed by atoms with E-state index in [2.05, 4.69) is 19.2 Å². The third kappa shape index (κ3) is 2.64. The molecular weight excluding hydrogens is 234 g/mol. The highest BCUT2D eigenvalue weighted by atomic mass is 19.1. The van der Waals surface area contributed by atoms with E-state index in [4.69, 9.17) is 0 Å². The first-order valence-corrected chi connectivity index (χ1v) is 6.43. The number of nitrogens with zero attached hydrogens (tertiary/aromatic N) is 1. The molecule has 0 saturated carbocycles. The molecule has 0 bridgehead atoms. The quantitative estimate of drug-likeness (QED) is 0.873. The van der Waals surface area contributed by atoms with Crippen molar-refractivity contribution in [3.05, 3.63) is 29.3 Å². The van der Waals surface area contributed by atoms with Gasteiger partial charge in [-0.3, -0.25) is 0 Å². The van der Waals surface area contributed by atoms with Gasteiger partial charge in [0.1, 0.15) is 11.6 Å². The van der Waals surface area contributed by atoms with Gasteiger partial charge in [0.25, 0.3) is 0 Å². The third-order valence-corrected chi connectivity index (χ3v) is 3.58. The molecule has 1 aromatic carbocycles. The lowest BCUT2D eigenvalue weighted by Crippen LogP contribution is -2.53. The SMILES string of the molecule is Cc1cc(F)c(N2CCNC(C(C)C)C2)cc1F. The number of aryl methyl sites for hydroxylation is 1. The summed E-state index contributed by atoms with van der Waals surface area (Å²) in [5.74, 6) is -0.199. The molecule has 1 N–H and O–H groups in total. The Hall–Kier alpha value is -1.16. The Kier molecular flexibility index (Phi) is 3.85. The van der Waals surface area contributed by atoms with E-state index in [1.807, 2.05) is 4.90 Å². The van der Waals surface area contributed by atoms with Crippen molar-refractivity contribution in [1.29, 1.82) is 0 Å². The first kappa shape index (κ1) is 13.3. The van der Waals surface area contributed by atoms with Crippen molar-refractivity contribution in [3.8, 4) is 0 Å². The maximum Gasteiger partial charge on any atom is 0.146 e. The summed E-state index contributed by atoms with van der Waals surface area (Å²) < 4.78 is 27.5. The van der Waals surface area contributed by atoms with Gasteiger partial charge >= 0.3 is 0 Å². The highest BCUT2D eigenvalue weighted by molar-refractivity contribution is 5.50. The molecule has 1 aliphatic heterocycles. The van der Waals surface area contributed by atoms with Crippen LogP contribution in [0.1, 0.15) is 19.4 Å². The van der Waals surface area contributed by atoms with Gasteiger partial charge in [0.05, 0.1) is 5.69 Å². The number of rotatable bonds is 2. The summed E-state index contributed by atoms with van der Waals surface area (Å²) in [5, 5.41) is 3.41. The van der Waals surface area contributed by atoms with Crippen LogP contribution in [0, 0.1) is 24.5 Å². The number of nitrogens with one attached hydrogen (secondary N) is 1. The Balaban J connectivity index is 2.23. The standard InChI is InChI=1S/C14H20F2N2/c1-9(2)13-8-18(5-4-17-13)14-7-11(15)10(3)6-12(14)16/h6-7,9,13,17H,4-5,8H2,1-3H3. The Morgan fingerprint density at radius 1 is 1.28 bits per heavy atom. The molecule has 0 aliphatic carbocycles. The molecule has 4 heteroatoms. The van der Waals surface area contributed by atoms with Crippen molar-refractivity contribution < 1.29 is 8.78 Å². The second-order valence-corrected chi connectivity index (χ2v) is 5.30. The van der Waals surface area contributed by atoms with E-state index < -0.39 is 0 Å². The van der Waals surface area contributed by atoms with Crippen molar-refractivity contribution in [2.75, 3.05) is 24.5 Å². The third-order valence-electron chi connectivity index (χ3n) is 3.58. The summed E-state index contributed by atoms with van der Waals surface area (Å²) in [6, 6.07) is 2.91. The minimum atomic E-state index is -0.342. The number of hydrogen-bond acceptors (Lipinski definition) is 2. The van der Waals surface area contributed by atoms with Gasteiger partial charge in [-0.05, 0) is 24.5 Å². The van der Waals surface area contributed by atoms with Crippen molar-refractivity contribution in [3.63, 3.8) is 0 Å². The molecule has 1 unspecified atom stereocenters. The Morgan fingerprint density at radius 3 is 2.67 bits per heavy atom. The number of halogens is 2. The van der Waals surface area contributed by atoms with Gasteiger partial charge in [0.2, 0.25) is 0 Å². The summed E-state index contributed by atoms with van der Waals surface area (Å²) in [5.41, 5.74) is 0.733. The lowest BCUT2D eigenvalue weighted by atomic mass is 10.0. The number of benzene rings is 1. The molecule has 18 heavy (non-hydrogen) atoms. The molecule has 2 nitrogen and oxygen atoms in total. The van der Waals surface area contributed by atoms with Crippen molar-refractivity contribution in [1.82, 2.24) is 5.32 Å². The normalized spacial score (nSPS) is 20.6. The van der Waals surface area contributed by atoms with Gasteiger partial charge in [0.15, 0.2) is 0 Å². The fraction of sp³-hybridized carbons (Fsp3) is 0.571. The van der Waals surface area contributed by atoms with Crippen LogP contribution in [0.4, 0.5) is 14.5 Å². The minimum Gasteiger partial charge on any atom is -0.366 e. The summed E-state index contributed by atoms with van der Waals surface area (Å²) >= 11 is 0. The van der Waals surface area contributed by atoms with E-state index in [1.54, 1.807) is 6.92 Å². The summed E-state index contributed by atoms with van der Waals surface area (Å²) in [4.78, 5) is 1.93. The molecule has 1 fully saturated rings. The zero-order chi connectivity index (χ0) is 13.3. The van der Waals surface area contributed by atoms with E-state index in [9.17, 15) is 8.78 Å². The van der Waals surface area contributed by atoms with Gasteiger partial charge < -0.3 is 10.2 Å². The van der Waals surface area contributed by atoms with E-state index in [1.165, 1.54) is 12.1 Å². The largest absolute Gasteiger partial charge is 0.366 e. The number of piperazine rings is 1. The van der Waals surface area contributed by atoms with E-state index >= 15 is 0 Å². The number of anilines is 1. The zero-order valence-electron chi connectivity index (χ0n) is 11.1. The maximum atomic E-state index is 13.9. The Labute approximate surface area is 107 Å². The second-order valence-electron chi connectivity index (χ2n) is 5.30. The fourth-order valence-electron chi connectivity index (χ4n) is 2.32. The van der Waals surface area contributed by atoms with Crippen LogP contribution in [-0.2, 0) is 0 Å². The van der Waals surface area contributed by atoms with Crippen molar-refractivity contribution >= 4 is 5.69 Å². The topological polar surface area (TPSA) is 15.3 Å². The lowest BCUT2D eigenvalue weighted by Gasteiger charge is -2.37. The zero-order valence-corrected chi connectivity index (χ0v) is 11.1. The van der Waals surface area contributed by atoms with Gasteiger partial charge in [-0.25, -0.2) is 8.78 Å². The molecule has 1 atom stereocenters. The number of hydrogen-bond donors (Lipinski definition) is 1. The van der Waals surface area contributed by atoms with Crippen LogP contribution in [0.25, 0.3) is 0 Å². The molecule has 0 amide bonds. The first-order chi connectivity index (χ1) is 8.49. The molecule has 1 heterocycles. The maximum absolute atomic E-state index is 13.9. The molecule has 0 radical (unpaired) electrons. The molecular formula is C14H20F2N2. The van der Waals surface area contributed by atoms with Crippen LogP contribution in [0.3, 0.4) is 0 Å². The first-order valence-electron chi connectivity index (χ1n) is 6.43. The van der Waals surface area contributed by atoms with Crippen molar-refractivity contribution in [2.24, 2.45) is 5.92 Å². The summed E-state index contributed by atoms with van der Waals surface area (Å²) in [6.07, 6.45) is 0. The van der Waals surface area contributed by atoms with Crippen LogP contribution < -0.4 is 10.2 Å². The van der Waals surface area contributed by atoms with E-state index in [0.29, 0.717) is 29.8 Å². The van der Waals surface area contributed by atoms with E-state index in [-0.39, 0.29) is 11.6 Å². The van der Waals surface area contributed by atoms with Crippen LogP contribution in [0.15, 0.2) is 12.1 Å². The molecule has 2 rings (SSSR count). The molecule has 1 aromatic rings. The monoisotopic (exact) mass is 254 g/mol. The highest BCUT2D eigenvalue weighted by Gasteiger charge is 2.24. The van der Waals surface area contributed by atoms with Crippen LogP contribution in [-0.4, -0.2) is 25.7 Å². The van der Waals surface area contributed by atoms with Crippen LogP contribution >= 0.6 is 0 Å². The molecule has 1 aliphatic rings. The van der Waals surface area contributed by atoms with Crippen LogP contribution in [0.5, 0.6) is 0 Å². The Bertz CT molecular complexity index is 432. The average molecular weight is 254 g/mol. The lowest BCUT2D eigenvalue weighted by molar-refractivity contribution is 0.366. The van der Waals surface area contributed by atoms with Crippen molar-refractivity contribution in [2.45, 2.75) is 26.8 Å². The predicted molar refractivity (Wildman–Crippen MR) is 69.9 cm³/mol. The van der Waals surface area contributed by atoms with Gasteiger partial charge in [0, 0.05) is 31.7 Å². The van der Waals surface area contributed by atoms with Gasteiger partial charge in [-0.2, -0.15) is 0 Å². The van der Waals surface area contributed by atoms with Crippen LogP contribution in [0.2, 0.25) is 0 Å². The molecule has 1 saturated heterocycles. The van der Waals surface area contributed by atoms with Gasteiger partial charge in [-0.15, -0.1) is 0 Å². The molecule has 100 valence electrons. The molecule has 0 spiro atoms. The fourth-order valence-corrected chi connectivity index (χ4v) is 2.32. The van der Waals surface area contributed by atoms with Gasteiger partial charge in [-0.1, -0.05) is 13.8 Å². The summed E-state index contributed by atoms with van der Waals surface area (Å²) in [7, 11) is 0. The highest BCUT2D eigenvalue weighted by Crippen LogP contribution is 2.24. The summed E-state index contributed by atoms with van der Waals surface area (Å²) in [6.45, 7) is 8.08. The van der Waals surface area contributed by atoms with E-state index in [0.717, 1.165) is 13.1 Å². The minimum absolute atomic E-state index is 0.322. The second kappa shape index (κ2) is 5.22. The predicted octanol–water partition coefficient (Wildman–Crippen LogP) is 2.71. The Morgan fingerprint density at radius 2 is 2.00 bits per heavy atom. The molecule has 0 aromatic heterocycles. The average Bonchev–Trinajstić information content (AvgIpc) is 2.34.